The molecule has 0 saturated heterocycles. The molecule has 5 nitrogen and oxygen atoms in total. The summed E-state index contributed by atoms with van der Waals surface area (Å²) in [5.41, 5.74) is 1.69. The number of hydrogen-bond donors (Lipinski definition) is 2. The Bertz CT molecular complexity index is 758. The van der Waals surface area contributed by atoms with Crippen LogP contribution in [0.3, 0.4) is 0 Å². The van der Waals surface area contributed by atoms with Gasteiger partial charge in [-0.05, 0) is 48.2 Å². The van der Waals surface area contributed by atoms with Gasteiger partial charge in [-0.2, -0.15) is 0 Å². The van der Waals surface area contributed by atoms with Gasteiger partial charge in [0.2, 0.25) is 0 Å². The Morgan fingerprint density at radius 1 is 1.08 bits per heavy atom. The molecule has 0 radical (unpaired) electrons. The van der Waals surface area contributed by atoms with Crippen LogP contribution in [0.1, 0.15) is 24.0 Å². The van der Waals surface area contributed by atoms with Gasteiger partial charge < -0.3 is 20.1 Å². The smallest absolute Gasteiger partial charge is 0.315 e. The fourth-order valence-electron chi connectivity index (χ4n) is 2.79. The fourth-order valence-corrected chi connectivity index (χ4v) is 2.92. The molecule has 0 aromatic heterocycles. The number of benzene rings is 2. The van der Waals surface area contributed by atoms with Crippen molar-refractivity contribution in [1.29, 1.82) is 0 Å². The number of hydrogen-bond acceptors (Lipinski definition) is 3. The Morgan fingerprint density at radius 3 is 2.36 bits per heavy atom. The molecule has 0 bridgehead atoms. The number of ether oxygens (including phenoxy) is 2. The second kappa shape index (κ2) is 7.23. The topological polar surface area (TPSA) is 59.6 Å². The monoisotopic (exact) mass is 360 g/mol. The molecule has 2 aromatic rings. The molecule has 6 heteroatoms. The number of carbonyl (C=O) groups excluding carboxylic acids is 1. The molecule has 1 fully saturated rings. The maximum absolute atomic E-state index is 12.3. The van der Waals surface area contributed by atoms with Crippen LogP contribution in [-0.4, -0.2) is 20.3 Å². The predicted molar refractivity (Wildman–Crippen MR) is 97.3 cm³/mol. The van der Waals surface area contributed by atoms with Crippen LogP contribution in [0, 0.1) is 0 Å². The largest absolute Gasteiger partial charge is 0.493 e. The van der Waals surface area contributed by atoms with Crippen LogP contribution < -0.4 is 20.1 Å². The van der Waals surface area contributed by atoms with Gasteiger partial charge in [0, 0.05) is 11.6 Å². The molecule has 1 saturated carbocycles. The van der Waals surface area contributed by atoms with Crippen LogP contribution in [0.5, 0.6) is 11.5 Å². The van der Waals surface area contributed by atoms with Gasteiger partial charge in [-0.3, -0.25) is 0 Å². The average molecular weight is 361 g/mol. The molecule has 0 heterocycles. The highest BCUT2D eigenvalue weighted by atomic mass is 35.5. The van der Waals surface area contributed by atoms with E-state index in [-0.39, 0.29) is 11.6 Å². The van der Waals surface area contributed by atoms with Crippen LogP contribution in [0.4, 0.5) is 4.79 Å². The lowest BCUT2D eigenvalue weighted by Crippen LogP contribution is -2.41. The van der Waals surface area contributed by atoms with Crippen LogP contribution in [0.2, 0.25) is 5.02 Å². The minimum Gasteiger partial charge on any atom is -0.493 e. The van der Waals surface area contributed by atoms with E-state index in [1.807, 2.05) is 42.5 Å². The Labute approximate surface area is 152 Å². The molecule has 132 valence electrons. The normalized spacial score (nSPS) is 14.5. The summed E-state index contributed by atoms with van der Waals surface area (Å²) in [6.07, 6.45) is 1.80. The van der Waals surface area contributed by atoms with E-state index in [0.717, 1.165) is 24.0 Å². The highest BCUT2D eigenvalue weighted by Gasteiger charge is 2.46. The van der Waals surface area contributed by atoms with Crippen molar-refractivity contribution < 1.29 is 14.3 Å². The number of urea groups is 1. The third-order valence-corrected chi connectivity index (χ3v) is 4.66. The third-order valence-electron chi connectivity index (χ3n) is 4.41. The number of rotatable bonds is 6. The Hall–Kier alpha value is -2.40. The zero-order valence-corrected chi connectivity index (χ0v) is 15.0. The molecule has 0 spiro atoms. The van der Waals surface area contributed by atoms with Gasteiger partial charge in [-0.1, -0.05) is 29.8 Å². The molecule has 0 aliphatic heterocycles. The first-order valence-corrected chi connectivity index (χ1v) is 8.47. The van der Waals surface area contributed by atoms with Crippen LogP contribution in [-0.2, 0) is 12.1 Å². The summed E-state index contributed by atoms with van der Waals surface area (Å²) in [5, 5.41) is 6.65. The van der Waals surface area contributed by atoms with Gasteiger partial charge in [-0.15, -0.1) is 0 Å². The minimum absolute atomic E-state index is 0.192. The summed E-state index contributed by atoms with van der Waals surface area (Å²) in [4.78, 5) is 12.3. The number of nitrogens with one attached hydrogen (secondary N) is 2. The molecule has 1 aliphatic rings. The van der Waals surface area contributed by atoms with Crippen LogP contribution in [0.15, 0.2) is 42.5 Å². The molecule has 1 aliphatic carbocycles. The molecular formula is C19H21ClN2O3. The molecule has 0 unspecified atom stereocenters. The van der Waals surface area contributed by atoms with Crippen molar-refractivity contribution in [3.05, 3.63) is 58.6 Å². The number of methoxy groups -OCH3 is 2. The van der Waals surface area contributed by atoms with Gasteiger partial charge in [-0.25, -0.2) is 4.79 Å². The van der Waals surface area contributed by atoms with Crippen molar-refractivity contribution in [3.63, 3.8) is 0 Å². The summed E-state index contributed by atoms with van der Waals surface area (Å²) in [5.74, 6) is 1.34. The van der Waals surface area contributed by atoms with E-state index >= 15 is 0 Å². The fraction of sp³-hybridized carbons (Fsp3) is 0.316. The molecule has 3 rings (SSSR count). The van der Waals surface area contributed by atoms with Crippen molar-refractivity contribution >= 4 is 17.6 Å². The SMILES string of the molecule is COc1ccc(C2(NC(=O)NCc3ccc(Cl)cc3)CC2)cc1OC. The maximum atomic E-state index is 12.3. The van der Waals surface area contributed by atoms with E-state index in [2.05, 4.69) is 10.6 Å². The highest BCUT2D eigenvalue weighted by molar-refractivity contribution is 6.30. The van der Waals surface area contributed by atoms with Crippen molar-refractivity contribution in [3.8, 4) is 11.5 Å². The van der Waals surface area contributed by atoms with E-state index in [0.29, 0.717) is 23.1 Å². The summed E-state index contributed by atoms with van der Waals surface area (Å²) < 4.78 is 10.6. The molecule has 2 N–H and O–H groups in total. The number of halogens is 1. The molecule has 25 heavy (non-hydrogen) atoms. The second-order valence-corrected chi connectivity index (χ2v) is 6.52. The quantitative estimate of drug-likeness (QED) is 0.822. The van der Waals surface area contributed by atoms with Gasteiger partial charge in [0.25, 0.3) is 0 Å². The Morgan fingerprint density at radius 2 is 1.76 bits per heavy atom. The first-order chi connectivity index (χ1) is 12.1. The molecule has 2 amide bonds. The van der Waals surface area contributed by atoms with E-state index in [1.54, 1.807) is 14.2 Å². The minimum atomic E-state index is -0.330. The average Bonchev–Trinajstić information content (AvgIpc) is 3.41. The van der Waals surface area contributed by atoms with Gasteiger partial charge in [0.15, 0.2) is 11.5 Å². The molecule has 0 atom stereocenters. The number of amides is 2. The van der Waals surface area contributed by atoms with Crippen molar-refractivity contribution in [2.75, 3.05) is 14.2 Å². The molecule has 2 aromatic carbocycles. The first-order valence-electron chi connectivity index (χ1n) is 8.09. The highest BCUT2D eigenvalue weighted by Crippen LogP contribution is 2.47. The van der Waals surface area contributed by atoms with Gasteiger partial charge in [0.05, 0.1) is 19.8 Å². The van der Waals surface area contributed by atoms with E-state index < -0.39 is 0 Å². The summed E-state index contributed by atoms with van der Waals surface area (Å²) in [6.45, 7) is 0.449. The Kier molecular flexibility index (Phi) is 5.04. The van der Waals surface area contributed by atoms with Crippen LogP contribution >= 0.6 is 11.6 Å². The first kappa shape index (κ1) is 17.4. The predicted octanol–water partition coefficient (Wildman–Crippen LogP) is 3.85. The van der Waals surface area contributed by atoms with E-state index in [1.165, 1.54) is 0 Å². The Balaban J connectivity index is 1.63. The maximum Gasteiger partial charge on any atom is 0.315 e. The summed E-state index contributed by atoms with van der Waals surface area (Å²) in [6, 6.07) is 13.0. The summed E-state index contributed by atoms with van der Waals surface area (Å²) >= 11 is 5.87. The standard InChI is InChI=1S/C19H21ClN2O3/c1-24-16-8-5-14(11-17(16)25-2)19(9-10-19)22-18(23)21-12-13-3-6-15(20)7-4-13/h3-8,11H,9-10,12H2,1-2H3,(H2,21,22,23). The molecular weight excluding hydrogens is 340 g/mol. The lowest BCUT2D eigenvalue weighted by Gasteiger charge is -2.20. The number of carbonyl (C=O) groups is 1. The third kappa shape index (κ3) is 3.99. The van der Waals surface area contributed by atoms with Gasteiger partial charge in [0.1, 0.15) is 0 Å². The van der Waals surface area contributed by atoms with Crippen LogP contribution in [0.25, 0.3) is 0 Å². The summed E-state index contributed by atoms with van der Waals surface area (Å²) in [7, 11) is 3.21. The van der Waals surface area contributed by atoms with E-state index in [9.17, 15) is 4.79 Å². The lowest BCUT2D eigenvalue weighted by molar-refractivity contribution is 0.235. The van der Waals surface area contributed by atoms with Crippen molar-refractivity contribution in [2.24, 2.45) is 0 Å². The van der Waals surface area contributed by atoms with Crippen molar-refractivity contribution in [2.45, 2.75) is 24.9 Å². The zero-order chi connectivity index (χ0) is 17.9. The zero-order valence-electron chi connectivity index (χ0n) is 14.3. The van der Waals surface area contributed by atoms with E-state index in [4.69, 9.17) is 21.1 Å². The lowest BCUT2D eigenvalue weighted by atomic mass is 10.0. The van der Waals surface area contributed by atoms with Gasteiger partial charge >= 0.3 is 6.03 Å². The van der Waals surface area contributed by atoms with Crippen molar-refractivity contribution in [1.82, 2.24) is 10.6 Å². The second-order valence-electron chi connectivity index (χ2n) is 6.09.